The molecule has 0 fully saturated rings. The van der Waals surface area contributed by atoms with Crippen molar-refractivity contribution in [2.24, 2.45) is 0 Å². The highest BCUT2D eigenvalue weighted by Gasteiger charge is 2.35. The van der Waals surface area contributed by atoms with E-state index >= 15 is 0 Å². The third-order valence-electron chi connectivity index (χ3n) is 12.1. The summed E-state index contributed by atoms with van der Waals surface area (Å²) in [5, 5.41) is 3.93. The van der Waals surface area contributed by atoms with Crippen LogP contribution in [0.15, 0.2) is 170 Å². The summed E-state index contributed by atoms with van der Waals surface area (Å²) in [6, 6.07) is 60.6. The topological polar surface area (TPSA) is 9.86 Å². The molecule has 1 atom stereocenters. The van der Waals surface area contributed by atoms with Crippen molar-refractivity contribution in [1.82, 2.24) is 9.13 Å². The fraction of sp³-hybridized carbons (Fsp3) is 0.0980. The summed E-state index contributed by atoms with van der Waals surface area (Å²) < 4.78 is 4.92. The molecule has 2 heterocycles. The number of allylic oxidation sites excluding steroid dienone is 1. The van der Waals surface area contributed by atoms with Gasteiger partial charge in [-0.15, -0.1) is 0 Å². The van der Waals surface area contributed by atoms with Crippen LogP contribution in [0.5, 0.6) is 0 Å². The highest BCUT2D eigenvalue weighted by atomic mass is 15.0. The predicted octanol–water partition coefficient (Wildman–Crippen LogP) is 13.1. The fourth-order valence-electron chi connectivity index (χ4n) is 9.48. The molecule has 2 aliphatic rings. The highest BCUT2D eigenvalue weighted by molar-refractivity contribution is 6.09. The molecule has 1 unspecified atom stereocenters. The molecule has 11 rings (SSSR count). The SMILES string of the molecule is CC1(C)c2ccccc2-c2ccc(-n3c4c(c5ccccc53)CC(c3ccc5c(c3)c3ccccc3n5-c3ccc(-c5ccccc5)cc3)C=C4)cc21. The van der Waals surface area contributed by atoms with E-state index in [9.17, 15) is 0 Å². The van der Waals surface area contributed by atoms with Gasteiger partial charge in [0.05, 0.1) is 16.6 Å². The van der Waals surface area contributed by atoms with Crippen LogP contribution in [0, 0.1) is 0 Å². The summed E-state index contributed by atoms with van der Waals surface area (Å²) in [6.07, 6.45) is 5.79. The minimum atomic E-state index is -0.0424. The summed E-state index contributed by atoms with van der Waals surface area (Å²) in [5.74, 6) is 0.284. The molecule has 2 aromatic heterocycles. The van der Waals surface area contributed by atoms with Crippen molar-refractivity contribution >= 4 is 38.8 Å². The summed E-state index contributed by atoms with van der Waals surface area (Å²) in [7, 11) is 0. The number of nitrogens with zero attached hydrogens (tertiary/aromatic N) is 2. The molecule has 252 valence electrons. The van der Waals surface area contributed by atoms with E-state index in [1.165, 1.54) is 94.3 Å². The number of fused-ring (bicyclic) bond motifs is 9. The lowest BCUT2D eigenvalue weighted by Crippen LogP contribution is -2.15. The summed E-state index contributed by atoms with van der Waals surface area (Å²) in [5.41, 5.74) is 18.2. The Balaban J connectivity index is 0.992. The second-order valence-corrected chi connectivity index (χ2v) is 15.3. The number of para-hydroxylation sites is 2. The maximum Gasteiger partial charge on any atom is 0.0541 e. The van der Waals surface area contributed by atoms with Crippen LogP contribution < -0.4 is 0 Å². The van der Waals surface area contributed by atoms with Gasteiger partial charge in [0.15, 0.2) is 0 Å². The van der Waals surface area contributed by atoms with Crippen LogP contribution >= 0.6 is 0 Å². The molecule has 0 spiro atoms. The Morgan fingerprint density at radius 2 is 1.13 bits per heavy atom. The van der Waals surface area contributed by atoms with Gasteiger partial charge >= 0.3 is 0 Å². The minimum Gasteiger partial charge on any atom is -0.310 e. The van der Waals surface area contributed by atoms with Crippen molar-refractivity contribution in [2.45, 2.75) is 31.6 Å². The Bertz CT molecular complexity index is 2930. The Labute approximate surface area is 309 Å². The molecule has 0 amide bonds. The number of rotatable bonds is 4. The third-order valence-corrected chi connectivity index (χ3v) is 12.1. The van der Waals surface area contributed by atoms with E-state index in [2.05, 4.69) is 199 Å². The van der Waals surface area contributed by atoms with Crippen LogP contribution in [0.2, 0.25) is 0 Å². The molecule has 2 aliphatic carbocycles. The highest BCUT2D eigenvalue weighted by Crippen LogP contribution is 2.50. The van der Waals surface area contributed by atoms with E-state index in [0.29, 0.717) is 0 Å². The van der Waals surface area contributed by atoms with Crippen LogP contribution in [0.4, 0.5) is 0 Å². The van der Waals surface area contributed by atoms with Gasteiger partial charge in [-0.1, -0.05) is 135 Å². The van der Waals surface area contributed by atoms with Gasteiger partial charge < -0.3 is 9.13 Å². The van der Waals surface area contributed by atoms with E-state index in [1.54, 1.807) is 0 Å². The van der Waals surface area contributed by atoms with Crippen LogP contribution in [-0.4, -0.2) is 9.13 Å². The normalized spacial score (nSPS) is 15.5. The van der Waals surface area contributed by atoms with Crippen molar-refractivity contribution in [3.8, 4) is 33.6 Å². The first kappa shape index (κ1) is 30.3. The number of aromatic nitrogens is 2. The van der Waals surface area contributed by atoms with Gasteiger partial charge in [0.2, 0.25) is 0 Å². The molecular weight excluding hydrogens is 641 g/mol. The monoisotopic (exact) mass is 678 g/mol. The molecule has 0 saturated heterocycles. The van der Waals surface area contributed by atoms with Gasteiger partial charge in [0.25, 0.3) is 0 Å². The lowest BCUT2D eigenvalue weighted by molar-refractivity contribution is 0.660. The molecule has 0 radical (unpaired) electrons. The van der Waals surface area contributed by atoms with E-state index < -0.39 is 0 Å². The first-order chi connectivity index (χ1) is 26.0. The van der Waals surface area contributed by atoms with Crippen LogP contribution in [0.3, 0.4) is 0 Å². The molecule has 0 aliphatic heterocycles. The van der Waals surface area contributed by atoms with Gasteiger partial charge in [0, 0.05) is 44.6 Å². The quantitative estimate of drug-likeness (QED) is 0.175. The maximum absolute atomic E-state index is 2.50. The molecule has 53 heavy (non-hydrogen) atoms. The van der Waals surface area contributed by atoms with Crippen molar-refractivity contribution < 1.29 is 0 Å². The smallest absolute Gasteiger partial charge is 0.0541 e. The molecule has 0 bridgehead atoms. The average molecular weight is 679 g/mol. The maximum atomic E-state index is 2.50. The number of hydrogen-bond donors (Lipinski definition) is 0. The Hall–Kier alpha value is -6.38. The largest absolute Gasteiger partial charge is 0.310 e. The van der Waals surface area contributed by atoms with E-state index in [-0.39, 0.29) is 11.3 Å². The lowest BCUT2D eigenvalue weighted by atomic mass is 9.82. The van der Waals surface area contributed by atoms with Crippen molar-refractivity contribution in [2.75, 3.05) is 0 Å². The first-order valence-corrected chi connectivity index (χ1v) is 18.8. The predicted molar refractivity (Wildman–Crippen MR) is 223 cm³/mol. The number of benzene rings is 7. The molecule has 0 saturated carbocycles. The van der Waals surface area contributed by atoms with E-state index in [1.807, 2.05) is 0 Å². The Morgan fingerprint density at radius 1 is 0.491 bits per heavy atom. The first-order valence-electron chi connectivity index (χ1n) is 18.8. The second-order valence-electron chi connectivity index (χ2n) is 15.3. The molecule has 2 nitrogen and oxygen atoms in total. The van der Waals surface area contributed by atoms with Gasteiger partial charge in [-0.25, -0.2) is 0 Å². The summed E-state index contributed by atoms with van der Waals surface area (Å²) in [6.45, 7) is 4.73. The van der Waals surface area contributed by atoms with Gasteiger partial charge in [-0.3, -0.25) is 0 Å². The summed E-state index contributed by atoms with van der Waals surface area (Å²) in [4.78, 5) is 0. The summed E-state index contributed by atoms with van der Waals surface area (Å²) >= 11 is 0. The van der Waals surface area contributed by atoms with Gasteiger partial charge in [0.1, 0.15) is 0 Å². The zero-order valence-corrected chi connectivity index (χ0v) is 29.9. The van der Waals surface area contributed by atoms with Crippen molar-refractivity contribution in [1.29, 1.82) is 0 Å². The second kappa shape index (κ2) is 11.3. The Morgan fingerprint density at radius 3 is 1.96 bits per heavy atom. The molecule has 2 heteroatoms. The molecule has 9 aromatic rings. The molecule has 7 aromatic carbocycles. The Kier molecular flexibility index (Phi) is 6.46. The van der Waals surface area contributed by atoms with Gasteiger partial charge in [-0.05, 0) is 106 Å². The fourth-order valence-corrected chi connectivity index (χ4v) is 9.48. The van der Waals surface area contributed by atoms with Crippen molar-refractivity contribution in [3.63, 3.8) is 0 Å². The minimum absolute atomic E-state index is 0.0424. The van der Waals surface area contributed by atoms with Crippen LogP contribution in [0.25, 0.3) is 72.4 Å². The van der Waals surface area contributed by atoms with E-state index in [4.69, 9.17) is 0 Å². The van der Waals surface area contributed by atoms with Crippen LogP contribution in [-0.2, 0) is 11.8 Å². The van der Waals surface area contributed by atoms with Crippen LogP contribution in [0.1, 0.15) is 47.7 Å². The molecular formula is C51H38N2. The third kappa shape index (κ3) is 4.45. The zero-order valence-electron chi connectivity index (χ0n) is 29.9. The number of hydrogen-bond acceptors (Lipinski definition) is 0. The zero-order chi connectivity index (χ0) is 35.3. The lowest BCUT2D eigenvalue weighted by Gasteiger charge is -2.23. The van der Waals surface area contributed by atoms with Crippen molar-refractivity contribution in [3.05, 3.63) is 198 Å². The molecule has 0 N–H and O–H groups in total. The van der Waals surface area contributed by atoms with Gasteiger partial charge in [-0.2, -0.15) is 0 Å². The standard InChI is InChI=1S/C51H38N2/c1-51(2)45-17-9-6-14-39(45)40-27-26-38(32-46(40)51)53-48-19-11-8-16-42(48)44-31-36(23-29-50(44)53)35-22-28-49-43(30-35)41-15-7-10-18-47(41)52(49)37-24-20-34(21-25-37)33-12-4-3-5-13-33/h3-30,32,36H,31H2,1-2H3. The van der Waals surface area contributed by atoms with E-state index in [0.717, 1.165) is 6.42 Å². The average Bonchev–Trinajstić information content (AvgIpc) is 3.81.